The first-order chi connectivity index (χ1) is 19.5. The zero-order valence-electron chi connectivity index (χ0n) is 21.8. The number of halogens is 1. The largest absolute Gasteiger partial charge is 0.393 e. The Morgan fingerprint density at radius 1 is 0.800 bits per heavy atom. The molecule has 0 atom stereocenters. The van der Waals surface area contributed by atoms with Crippen LogP contribution in [-0.2, 0) is 0 Å². The van der Waals surface area contributed by atoms with E-state index in [1.807, 2.05) is 54.7 Å². The summed E-state index contributed by atoms with van der Waals surface area (Å²) in [6.45, 7) is 1.73. The van der Waals surface area contributed by atoms with Crippen LogP contribution in [0.5, 0.6) is 0 Å². The number of fused-ring (bicyclic) bond motifs is 1. The highest BCUT2D eigenvalue weighted by molar-refractivity contribution is 6.06. The molecule has 0 aliphatic carbocycles. The van der Waals surface area contributed by atoms with E-state index in [-0.39, 0.29) is 12.0 Å². The number of aromatic nitrogens is 1. The molecule has 0 radical (unpaired) electrons. The van der Waals surface area contributed by atoms with Crippen LogP contribution in [0.4, 0.5) is 38.5 Å². The molecule has 5 aromatic rings. The van der Waals surface area contributed by atoms with Crippen LogP contribution in [0.2, 0.25) is 0 Å². The van der Waals surface area contributed by atoms with Gasteiger partial charge in [0, 0.05) is 64.2 Å². The van der Waals surface area contributed by atoms with Crippen molar-refractivity contribution in [2.75, 3.05) is 33.9 Å². The molecule has 202 valence electrons. The van der Waals surface area contributed by atoms with Crippen molar-refractivity contribution in [3.63, 3.8) is 0 Å². The van der Waals surface area contributed by atoms with Crippen molar-refractivity contribution in [2.45, 2.75) is 18.9 Å². The van der Waals surface area contributed by atoms with Gasteiger partial charge in [-0.1, -0.05) is 0 Å². The quantitative estimate of drug-likeness (QED) is 0.155. The molecule has 7 nitrogen and oxygen atoms in total. The van der Waals surface area contributed by atoms with Crippen molar-refractivity contribution in [1.29, 1.82) is 0 Å². The summed E-state index contributed by atoms with van der Waals surface area (Å²) in [5, 5.41) is 19.9. The minimum atomic E-state index is -0.468. The Hall–Kier alpha value is -4.82. The predicted molar refractivity (Wildman–Crippen MR) is 160 cm³/mol. The highest BCUT2D eigenvalue weighted by atomic mass is 19.1. The molecule has 6 rings (SSSR count). The number of carbonyl (C=O) groups excluding carboxylic acids is 1. The number of nitrogens with one attached hydrogen (secondary N) is 4. The number of nitrogens with zero attached hydrogens (tertiary/aromatic N) is 1. The number of aliphatic hydroxyl groups is 1. The van der Waals surface area contributed by atoms with Crippen molar-refractivity contribution in [2.24, 2.45) is 0 Å². The summed E-state index contributed by atoms with van der Waals surface area (Å²) in [6.07, 6.45) is 3.24. The van der Waals surface area contributed by atoms with Crippen molar-refractivity contribution < 1.29 is 14.3 Å². The maximum atomic E-state index is 14.9. The predicted octanol–water partition coefficient (Wildman–Crippen LogP) is 7.01. The van der Waals surface area contributed by atoms with E-state index in [0.717, 1.165) is 59.6 Å². The van der Waals surface area contributed by atoms with Gasteiger partial charge in [0.05, 0.1) is 11.8 Å². The monoisotopic (exact) mass is 535 g/mol. The first kappa shape index (κ1) is 25.5. The van der Waals surface area contributed by atoms with Gasteiger partial charge in [-0.05, 0) is 104 Å². The van der Waals surface area contributed by atoms with E-state index in [1.165, 1.54) is 6.07 Å². The highest BCUT2D eigenvalue weighted by Crippen LogP contribution is 2.27. The molecular formula is C32H30FN5O2. The lowest BCUT2D eigenvalue weighted by atomic mass is 10.1. The summed E-state index contributed by atoms with van der Waals surface area (Å²) in [5.74, 6) is -0.767. The van der Waals surface area contributed by atoms with E-state index < -0.39 is 5.82 Å². The minimum Gasteiger partial charge on any atom is -0.393 e. The van der Waals surface area contributed by atoms with Gasteiger partial charge < -0.3 is 30.9 Å². The number of aromatic amines is 1. The van der Waals surface area contributed by atoms with E-state index in [2.05, 4.69) is 38.0 Å². The number of anilines is 6. The van der Waals surface area contributed by atoms with E-state index in [0.29, 0.717) is 16.9 Å². The second kappa shape index (κ2) is 11.1. The molecule has 2 heterocycles. The van der Waals surface area contributed by atoms with Crippen LogP contribution in [-0.4, -0.2) is 35.2 Å². The number of amides is 1. The van der Waals surface area contributed by atoms with Gasteiger partial charge >= 0.3 is 0 Å². The zero-order valence-corrected chi connectivity index (χ0v) is 21.8. The molecule has 0 saturated carbocycles. The number of hydrogen-bond acceptors (Lipinski definition) is 5. The lowest BCUT2D eigenvalue weighted by molar-refractivity contribution is 0.102. The van der Waals surface area contributed by atoms with Gasteiger partial charge in [-0.25, -0.2) is 4.39 Å². The van der Waals surface area contributed by atoms with Crippen LogP contribution in [0.25, 0.3) is 10.9 Å². The normalized spacial score (nSPS) is 13.8. The third kappa shape index (κ3) is 5.77. The lowest BCUT2D eigenvalue weighted by Crippen LogP contribution is -2.35. The first-order valence-electron chi connectivity index (χ1n) is 13.4. The third-order valence-corrected chi connectivity index (χ3v) is 7.19. The first-order valence-corrected chi connectivity index (χ1v) is 13.4. The van der Waals surface area contributed by atoms with Gasteiger partial charge in [-0.15, -0.1) is 0 Å². The fourth-order valence-corrected chi connectivity index (χ4v) is 4.93. The summed E-state index contributed by atoms with van der Waals surface area (Å²) in [7, 11) is 0. The average Bonchev–Trinajstić information content (AvgIpc) is 3.45. The van der Waals surface area contributed by atoms with Crippen LogP contribution in [0.3, 0.4) is 0 Å². The lowest BCUT2D eigenvalue weighted by Gasteiger charge is -2.31. The second-order valence-corrected chi connectivity index (χ2v) is 10.0. The standard InChI is InChI=1S/C32H30FN5O2/c33-29-20-26(37-32(40)22-1-11-30-21(19-22)13-16-34-30)8-12-31(29)36-25-4-2-23(3-5-25)35-24-6-9-27(10-7-24)38-17-14-28(39)15-18-38/h1-13,16,19-20,28,34-36,39H,14-15,17-18H2,(H,37,40). The molecule has 4 aromatic carbocycles. The molecule has 1 aliphatic heterocycles. The minimum absolute atomic E-state index is 0.185. The second-order valence-electron chi connectivity index (χ2n) is 10.0. The Labute approximate surface area is 231 Å². The van der Waals surface area contributed by atoms with E-state index in [4.69, 9.17) is 0 Å². The number of carbonyl (C=O) groups is 1. The number of hydrogen-bond donors (Lipinski definition) is 5. The average molecular weight is 536 g/mol. The number of aliphatic hydroxyl groups excluding tert-OH is 1. The van der Waals surface area contributed by atoms with Crippen molar-refractivity contribution in [3.8, 4) is 0 Å². The van der Waals surface area contributed by atoms with Crippen molar-refractivity contribution in [3.05, 3.63) is 109 Å². The van der Waals surface area contributed by atoms with Crippen molar-refractivity contribution in [1.82, 2.24) is 4.98 Å². The Morgan fingerprint density at radius 3 is 2.15 bits per heavy atom. The molecule has 0 spiro atoms. The molecule has 40 heavy (non-hydrogen) atoms. The highest BCUT2D eigenvalue weighted by Gasteiger charge is 2.17. The molecule has 1 saturated heterocycles. The third-order valence-electron chi connectivity index (χ3n) is 7.19. The van der Waals surface area contributed by atoms with Gasteiger partial charge in [0.15, 0.2) is 0 Å². The smallest absolute Gasteiger partial charge is 0.255 e. The fraction of sp³-hybridized carbons (Fsp3) is 0.156. The van der Waals surface area contributed by atoms with Crippen LogP contribution >= 0.6 is 0 Å². The summed E-state index contributed by atoms with van der Waals surface area (Å²) in [6, 6.07) is 27.7. The summed E-state index contributed by atoms with van der Waals surface area (Å²) < 4.78 is 14.9. The Bertz CT molecular complexity index is 1620. The maximum absolute atomic E-state index is 14.9. The molecule has 8 heteroatoms. The molecule has 0 bridgehead atoms. The summed E-state index contributed by atoms with van der Waals surface area (Å²) >= 11 is 0. The molecule has 1 aromatic heterocycles. The molecule has 1 amide bonds. The van der Waals surface area contributed by atoms with Crippen molar-refractivity contribution >= 4 is 50.9 Å². The van der Waals surface area contributed by atoms with Gasteiger partial charge in [0.25, 0.3) is 5.91 Å². The van der Waals surface area contributed by atoms with E-state index >= 15 is 0 Å². The topological polar surface area (TPSA) is 92.4 Å². The van der Waals surface area contributed by atoms with E-state index in [9.17, 15) is 14.3 Å². The zero-order chi connectivity index (χ0) is 27.5. The molecule has 5 N–H and O–H groups in total. The Morgan fingerprint density at radius 2 is 1.45 bits per heavy atom. The van der Waals surface area contributed by atoms with Crippen LogP contribution in [0.15, 0.2) is 97.2 Å². The Balaban J connectivity index is 1.05. The van der Waals surface area contributed by atoms with Gasteiger partial charge in [0.2, 0.25) is 0 Å². The number of rotatable bonds is 7. The van der Waals surface area contributed by atoms with Gasteiger partial charge in [-0.2, -0.15) is 0 Å². The molecule has 1 fully saturated rings. The van der Waals surface area contributed by atoms with Gasteiger partial charge in [-0.3, -0.25) is 4.79 Å². The molecule has 0 unspecified atom stereocenters. The number of piperidine rings is 1. The van der Waals surface area contributed by atoms with Crippen LogP contribution < -0.4 is 20.9 Å². The van der Waals surface area contributed by atoms with Crippen LogP contribution in [0, 0.1) is 5.82 Å². The Kier molecular flexibility index (Phi) is 7.08. The van der Waals surface area contributed by atoms with E-state index in [1.54, 1.807) is 24.3 Å². The fourth-order valence-electron chi connectivity index (χ4n) is 4.93. The summed E-state index contributed by atoms with van der Waals surface area (Å²) in [4.78, 5) is 18.0. The maximum Gasteiger partial charge on any atom is 0.255 e. The number of H-pyrrole nitrogens is 1. The molecular weight excluding hydrogens is 505 g/mol. The number of benzene rings is 4. The molecule has 1 aliphatic rings. The van der Waals surface area contributed by atoms with Gasteiger partial charge in [0.1, 0.15) is 5.82 Å². The van der Waals surface area contributed by atoms with Crippen LogP contribution in [0.1, 0.15) is 23.2 Å². The summed E-state index contributed by atoms with van der Waals surface area (Å²) in [5.41, 5.74) is 5.92. The SMILES string of the molecule is O=C(Nc1ccc(Nc2ccc(Nc3ccc(N4CCC(O)CC4)cc3)cc2)c(F)c1)c1ccc2[nH]ccc2c1.